The molecule has 2 rings (SSSR count). The molecule has 0 aliphatic rings. The van der Waals surface area contributed by atoms with Crippen molar-refractivity contribution in [3.63, 3.8) is 0 Å². The Kier molecular flexibility index (Phi) is 4.52. The highest BCUT2D eigenvalue weighted by molar-refractivity contribution is 5.82. The van der Waals surface area contributed by atoms with Gasteiger partial charge < -0.3 is 15.2 Å². The van der Waals surface area contributed by atoms with E-state index in [9.17, 15) is 0 Å². The van der Waals surface area contributed by atoms with Crippen molar-refractivity contribution in [3.05, 3.63) is 30.0 Å². The fourth-order valence-electron chi connectivity index (χ4n) is 2.35. The normalized spacial score (nSPS) is 13.3. The first-order valence-corrected chi connectivity index (χ1v) is 6.46. The molecule has 2 aromatic rings. The van der Waals surface area contributed by atoms with E-state index in [0.717, 1.165) is 23.1 Å². The Bertz CT molecular complexity index is 534. The number of hydrogen-bond acceptors (Lipinski definition) is 4. The zero-order valence-corrected chi connectivity index (χ0v) is 11.7. The van der Waals surface area contributed by atoms with E-state index >= 15 is 0 Å². The maximum absolute atomic E-state index is 6.11. The molecule has 0 aliphatic heterocycles. The summed E-state index contributed by atoms with van der Waals surface area (Å²) in [4.78, 5) is 0. The molecule has 0 saturated carbocycles. The SMILES string of the molecule is CCn1nc(CC(N)C(OC)OC)c2ccccc21. The summed E-state index contributed by atoms with van der Waals surface area (Å²) in [6.45, 7) is 2.92. The zero-order valence-electron chi connectivity index (χ0n) is 11.7. The van der Waals surface area contributed by atoms with Gasteiger partial charge in [0.25, 0.3) is 0 Å². The third kappa shape index (κ3) is 2.78. The fourth-order valence-corrected chi connectivity index (χ4v) is 2.35. The van der Waals surface area contributed by atoms with Crippen molar-refractivity contribution in [2.24, 2.45) is 5.73 Å². The van der Waals surface area contributed by atoms with Crippen LogP contribution in [0.5, 0.6) is 0 Å². The lowest BCUT2D eigenvalue weighted by Gasteiger charge is -2.20. The Hall–Kier alpha value is -1.43. The Morgan fingerprint density at radius 1 is 1.26 bits per heavy atom. The molecule has 1 heterocycles. The maximum Gasteiger partial charge on any atom is 0.172 e. The van der Waals surface area contributed by atoms with Crippen molar-refractivity contribution in [2.45, 2.75) is 32.2 Å². The van der Waals surface area contributed by atoms with E-state index in [4.69, 9.17) is 15.2 Å². The van der Waals surface area contributed by atoms with Crippen molar-refractivity contribution in [3.8, 4) is 0 Å². The van der Waals surface area contributed by atoms with Crippen LogP contribution in [0.25, 0.3) is 10.9 Å². The van der Waals surface area contributed by atoms with Crippen LogP contribution in [0.1, 0.15) is 12.6 Å². The summed E-state index contributed by atoms with van der Waals surface area (Å²) in [5, 5.41) is 5.77. The number of para-hydroxylation sites is 1. The molecule has 0 spiro atoms. The summed E-state index contributed by atoms with van der Waals surface area (Å²) in [5.74, 6) is 0. The molecular weight excluding hydrogens is 242 g/mol. The lowest BCUT2D eigenvalue weighted by atomic mass is 10.1. The molecule has 5 nitrogen and oxygen atoms in total. The average Bonchev–Trinajstić information content (AvgIpc) is 2.78. The predicted octanol–water partition coefficient (Wildman–Crippen LogP) is 1.54. The fraction of sp³-hybridized carbons (Fsp3) is 0.500. The molecule has 1 atom stereocenters. The lowest BCUT2D eigenvalue weighted by Crippen LogP contribution is -2.39. The number of methoxy groups -OCH3 is 2. The van der Waals surface area contributed by atoms with Gasteiger partial charge in [-0.2, -0.15) is 5.10 Å². The second-order valence-corrected chi connectivity index (χ2v) is 4.49. The molecule has 1 unspecified atom stereocenters. The average molecular weight is 263 g/mol. The quantitative estimate of drug-likeness (QED) is 0.803. The highest BCUT2D eigenvalue weighted by Crippen LogP contribution is 2.20. The van der Waals surface area contributed by atoms with E-state index in [1.807, 2.05) is 16.8 Å². The van der Waals surface area contributed by atoms with Crippen LogP contribution in [0.2, 0.25) is 0 Å². The van der Waals surface area contributed by atoms with E-state index in [0.29, 0.717) is 6.42 Å². The number of fused-ring (bicyclic) bond motifs is 1. The minimum atomic E-state index is -0.412. The van der Waals surface area contributed by atoms with Crippen molar-refractivity contribution in [2.75, 3.05) is 14.2 Å². The summed E-state index contributed by atoms with van der Waals surface area (Å²) in [6, 6.07) is 7.95. The first-order chi connectivity index (χ1) is 9.21. The van der Waals surface area contributed by atoms with Crippen LogP contribution in [0, 0.1) is 0 Å². The first kappa shape index (κ1) is 14.0. The standard InChI is InChI=1S/C14H21N3O2/c1-4-17-13-8-6-5-7-10(13)12(16-17)9-11(15)14(18-2)19-3/h5-8,11,14H,4,9,15H2,1-3H3. The molecule has 0 fully saturated rings. The zero-order chi connectivity index (χ0) is 13.8. The van der Waals surface area contributed by atoms with Crippen molar-refractivity contribution in [1.29, 1.82) is 0 Å². The molecule has 0 radical (unpaired) electrons. The summed E-state index contributed by atoms with van der Waals surface area (Å²) >= 11 is 0. The number of aryl methyl sites for hydroxylation is 1. The monoisotopic (exact) mass is 263 g/mol. The topological polar surface area (TPSA) is 62.3 Å². The smallest absolute Gasteiger partial charge is 0.172 e. The van der Waals surface area contributed by atoms with Gasteiger partial charge >= 0.3 is 0 Å². The van der Waals surface area contributed by atoms with Crippen LogP contribution in [0.4, 0.5) is 0 Å². The lowest BCUT2D eigenvalue weighted by molar-refractivity contribution is -0.116. The van der Waals surface area contributed by atoms with Crippen LogP contribution in [0.15, 0.2) is 24.3 Å². The molecule has 0 amide bonds. The molecule has 104 valence electrons. The minimum Gasteiger partial charge on any atom is -0.354 e. The molecule has 5 heteroatoms. The van der Waals surface area contributed by atoms with E-state index in [-0.39, 0.29) is 6.04 Å². The summed E-state index contributed by atoms with van der Waals surface area (Å²) in [7, 11) is 3.19. The Morgan fingerprint density at radius 2 is 1.95 bits per heavy atom. The summed E-state index contributed by atoms with van der Waals surface area (Å²) < 4.78 is 12.4. The molecule has 0 saturated heterocycles. The highest BCUT2D eigenvalue weighted by atomic mass is 16.7. The van der Waals surface area contributed by atoms with Gasteiger partial charge in [0.2, 0.25) is 0 Å². The number of ether oxygens (including phenoxy) is 2. The van der Waals surface area contributed by atoms with Gasteiger partial charge in [-0.25, -0.2) is 0 Å². The predicted molar refractivity (Wildman–Crippen MR) is 74.9 cm³/mol. The van der Waals surface area contributed by atoms with Crippen LogP contribution < -0.4 is 5.73 Å². The highest BCUT2D eigenvalue weighted by Gasteiger charge is 2.20. The maximum atomic E-state index is 6.11. The number of nitrogens with zero attached hydrogens (tertiary/aromatic N) is 2. The van der Waals surface area contributed by atoms with Crippen molar-refractivity contribution >= 4 is 10.9 Å². The van der Waals surface area contributed by atoms with Crippen LogP contribution in [0.3, 0.4) is 0 Å². The van der Waals surface area contributed by atoms with Gasteiger partial charge in [-0.15, -0.1) is 0 Å². The van der Waals surface area contributed by atoms with E-state index in [2.05, 4.69) is 24.2 Å². The number of rotatable bonds is 6. The third-order valence-corrected chi connectivity index (χ3v) is 3.28. The van der Waals surface area contributed by atoms with Gasteiger partial charge in [0, 0.05) is 32.6 Å². The molecule has 1 aromatic heterocycles. The van der Waals surface area contributed by atoms with Gasteiger partial charge in [0.1, 0.15) is 0 Å². The molecule has 1 aromatic carbocycles. The second kappa shape index (κ2) is 6.14. The summed E-state index contributed by atoms with van der Waals surface area (Å²) in [5.41, 5.74) is 8.24. The van der Waals surface area contributed by atoms with Gasteiger partial charge in [0.05, 0.1) is 17.3 Å². The van der Waals surface area contributed by atoms with E-state index < -0.39 is 6.29 Å². The van der Waals surface area contributed by atoms with Gasteiger partial charge in [-0.05, 0) is 13.0 Å². The Balaban J connectivity index is 2.30. The molecule has 19 heavy (non-hydrogen) atoms. The Morgan fingerprint density at radius 3 is 2.58 bits per heavy atom. The minimum absolute atomic E-state index is 0.237. The van der Waals surface area contributed by atoms with Crippen molar-refractivity contribution in [1.82, 2.24) is 9.78 Å². The number of aromatic nitrogens is 2. The van der Waals surface area contributed by atoms with Gasteiger partial charge in [-0.1, -0.05) is 18.2 Å². The largest absolute Gasteiger partial charge is 0.354 e. The molecule has 2 N–H and O–H groups in total. The van der Waals surface area contributed by atoms with E-state index in [1.54, 1.807) is 14.2 Å². The number of hydrogen-bond donors (Lipinski definition) is 1. The third-order valence-electron chi connectivity index (χ3n) is 3.28. The molecule has 0 bridgehead atoms. The second-order valence-electron chi connectivity index (χ2n) is 4.49. The molecular formula is C14H21N3O2. The van der Waals surface area contributed by atoms with Gasteiger partial charge in [-0.3, -0.25) is 4.68 Å². The Labute approximate surface area is 113 Å². The van der Waals surface area contributed by atoms with E-state index in [1.165, 1.54) is 0 Å². The molecule has 0 aliphatic carbocycles. The van der Waals surface area contributed by atoms with Crippen LogP contribution in [-0.4, -0.2) is 36.3 Å². The van der Waals surface area contributed by atoms with Crippen molar-refractivity contribution < 1.29 is 9.47 Å². The number of benzene rings is 1. The van der Waals surface area contributed by atoms with Crippen LogP contribution in [-0.2, 0) is 22.4 Å². The van der Waals surface area contributed by atoms with Crippen LogP contribution >= 0.6 is 0 Å². The van der Waals surface area contributed by atoms with Gasteiger partial charge in [0.15, 0.2) is 6.29 Å². The first-order valence-electron chi connectivity index (χ1n) is 6.46. The number of nitrogens with two attached hydrogens (primary N) is 1. The summed E-state index contributed by atoms with van der Waals surface area (Å²) in [6.07, 6.45) is 0.213.